The maximum Gasteiger partial charge on any atom is 0.0802 e. The zero-order valence-electron chi connectivity index (χ0n) is 11.1. The summed E-state index contributed by atoms with van der Waals surface area (Å²) >= 11 is 1.88. The average Bonchev–Trinajstić information content (AvgIpc) is 2.77. The van der Waals surface area contributed by atoms with E-state index in [0.29, 0.717) is 6.04 Å². The molecule has 0 aliphatic carbocycles. The van der Waals surface area contributed by atoms with Crippen molar-refractivity contribution in [2.75, 3.05) is 5.75 Å². The summed E-state index contributed by atoms with van der Waals surface area (Å²) in [5, 5.41) is 5.96. The molecule has 4 heteroatoms. The third kappa shape index (κ3) is 2.87. The number of thioether (sulfide) groups is 1. The summed E-state index contributed by atoms with van der Waals surface area (Å²) in [5.74, 6) is 1.95. The number of nitrogens with zero attached hydrogens (tertiary/aromatic N) is 2. The van der Waals surface area contributed by atoms with Gasteiger partial charge in [0.05, 0.1) is 11.2 Å². The molecule has 18 heavy (non-hydrogen) atoms. The van der Waals surface area contributed by atoms with Crippen LogP contribution < -0.4 is 5.73 Å². The van der Waals surface area contributed by atoms with E-state index >= 15 is 0 Å². The topological polar surface area (TPSA) is 43.8 Å². The van der Waals surface area contributed by atoms with E-state index in [9.17, 15) is 0 Å². The molecule has 1 aromatic heterocycles. The summed E-state index contributed by atoms with van der Waals surface area (Å²) in [7, 11) is 0. The molecule has 0 fully saturated rings. The van der Waals surface area contributed by atoms with Crippen molar-refractivity contribution < 1.29 is 0 Å². The molecule has 1 atom stereocenters. The summed E-state index contributed by atoms with van der Waals surface area (Å²) < 4.78 is 2.07. The molecule has 98 valence electrons. The van der Waals surface area contributed by atoms with Crippen LogP contribution in [0.5, 0.6) is 0 Å². The third-order valence-electron chi connectivity index (χ3n) is 3.13. The summed E-state index contributed by atoms with van der Waals surface area (Å²) in [6, 6.07) is 8.74. The highest BCUT2D eigenvalue weighted by molar-refractivity contribution is 7.98. The first kappa shape index (κ1) is 13.4. The van der Waals surface area contributed by atoms with Gasteiger partial charge in [-0.3, -0.25) is 4.68 Å². The Morgan fingerprint density at radius 3 is 2.83 bits per heavy atom. The Balaban J connectivity index is 2.13. The second-order valence-corrected chi connectivity index (χ2v) is 5.49. The van der Waals surface area contributed by atoms with Gasteiger partial charge >= 0.3 is 0 Å². The second kappa shape index (κ2) is 6.25. The van der Waals surface area contributed by atoms with E-state index in [1.165, 1.54) is 16.6 Å². The molecular formula is C14H21N3S. The molecule has 2 N–H and O–H groups in total. The van der Waals surface area contributed by atoms with Gasteiger partial charge in [0.15, 0.2) is 0 Å². The number of hydrogen-bond donors (Lipinski definition) is 1. The minimum atomic E-state index is 0.300. The molecule has 0 radical (unpaired) electrons. The van der Waals surface area contributed by atoms with Crippen LogP contribution in [-0.2, 0) is 12.3 Å². The second-order valence-electron chi connectivity index (χ2n) is 4.46. The zero-order valence-corrected chi connectivity index (χ0v) is 11.9. The van der Waals surface area contributed by atoms with Gasteiger partial charge in [0.25, 0.3) is 0 Å². The van der Waals surface area contributed by atoms with Crippen LogP contribution in [0.25, 0.3) is 10.9 Å². The quantitative estimate of drug-likeness (QED) is 0.871. The van der Waals surface area contributed by atoms with Gasteiger partial charge in [-0.25, -0.2) is 0 Å². The van der Waals surface area contributed by atoms with Crippen molar-refractivity contribution in [2.45, 2.75) is 38.6 Å². The number of fused-ring (bicyclic) bond motifs is 1. The smallest absolute Gasteiger partial charge is 0.0802 e. The van der Waals surface area contributed by atoms with Crippen LogP contribution >= 0.6 is 11.8 Å². The lowest BCUT2D eigenvalue weighted by Crippen LogP contribution is -2.21. The van der Waals surface area contributed by atoms with Gasteiger partial charge in [-0.15, -0.1) is 0 Å². The van der Waals surface area contributed by atoms with Crippen molar-refractivity contribution in [3.63, 3.8) is 0 Å². The molecule has 1 heterocycles. The predicted octanol–water partition coefficient (Wildman–Crippen LogP) is 3.03. The first-order valence-electron chi connectivity index (χ1n) is 6.54. The van der Waals surface area contributed by atoms with Crippen LogP contribution in [0.4, 0.5) is 0 Å². The third-order valence-corrected chi connectivity index (χ3v) is 4.27. The molecule has 0 amide bonds. The van der Waals surface area contributed by atoms with Crippen LogP contribution in [0.15, 0.2) is 24.3 Å². The zero-order chi connectivity index (χ0) is 13.0. The molecule has 0 aliphatic heterocycles. The molecular weight excluding hydrogens is 242 g/mol. The number of aryl methyl sites for hydroxylation is 1. The van der Waals surface area contributed by atoms with Crippen molar-refractivity contribution in [3.8, 4) is 0 Å². The standard InChI is InChI=1S/C14H21N3S/c1-3-11(15)9-18-10-13-12-7-5-6-8-14(12)17(4-2)16-13/h5-8,11H,3-4,9-10,15H2,1-2H3. The van der Waals surface area contributed by atoms with E-state index in [-0.39, 0.29) is 0 Å². The van der Waals surface area contributed by atoms with E-state index in [0.717, 1.165) is 24.5 Å². The first-order valence-corrected chi connectivity index (χ1v) is 7.69. The lowest BCUT2D eigenvalue weighted by atomic mass is 10.2. The van der Waals surface area contributed by atoms with E-state index in [4.69, 9.17) is 5.73 Å². The number of aromatic nitrogens is 2. The van der Waals surface area contributed by atoms with Gasteiger partial charge in [-0.2, -0.15) is 16.9 Å². The van der Waals surface area contributed by atoms with Gasteiger partial charge in [0.2, 0.25) is 0 Å². The van der Waals surface area contributed by atoms with Crippen molar-refractivity contribution >= 4 is 22.7 Å². The number of para-hydroxylation sites is 1. The molecule has 0 aliphatic rings. The molecule has 0 spiro atoms. The van der Waals surface area contributed by atoms with E-state index < -0.39 is 0 Å². The molecule has 1 aromatic carbocycles. The highest BCUT2D eigenvalue weighted by atomic mass is 32.2. The molecule has 2 rings (SSSR count). The maximum absolute atomic E-state index is 5.93. The summed E-state index contributed by atoms with van der Waals surface area (Å²) in [4.78, 5) is 0. The fourth-order valence-electron chi connectivity index (χ4n) is 1.97. The Kier molecular flexibility index (Phi) is 4.66. The molecule has 1 unspecified atom stereocenters. The Labute approximate surface area is 113 Å². The van der Waals surface area contributed by atoms with Crippen molar-refractivity contribution in [3.05, 3.63) is 30.0 Å². The van der Waals surface area contributed by atoms with Crippen molar-refractivity contribution in [1.82, 2.24) is 9.78 Å². The number of rotatable bonds is 6. The predicted molar refractivity (Wildman–Crippen MR) is 79.8 cm³/mol. The fraction of sp³-hybridized carbons (Fsp3) is 0.500. The van der Waals surface area contributed by atoms with Gasteiger partial charge < -0.3 is 5.73 Å². The fourth-order valence-corrected chi connectivity index (χ4v) is 3.03. The number of benzene rings is 1. The van der Waals surface area contributed by atoms with E-state index in [1.807, 2.05) is 11.8 Å². The molecule has 2 aromatic rings. The number of hydrogen-bond acceptors (Lipinski definition) is 3. The van der Waals surface area contributed by atoms with Crippen LogP contribution in [0, 0.1) is 0 Å². The normalized spacial score (nSPS) is 13.1. The molecule has 0 bridgehead atoms. The molecule has 0 saturated heterocycles. The lowest BCUT2D eigenvalue weighted by molar-refractivity contribution is 0.675. The van der Waals surface area contributed by atoms with Crippen LogP contribution in [0.2, 0.25) is 0 Å². The first-order chi connectivity index (χ1) is 8.76. The Hall–Kier alpha value is -1.00. The van der Waals surface area contributed by atoms with Crippen molar-refractivity contribution in [2.24, 2.45) is 5.73 Å². The molecule has 3 nitrogen and oxygen atoms in total. The highest BCUT2D eigenvalue weighted by Crippen LogP contribution is 2.22. The minimum absolute atomic E-state index is 0.300. The van der Waals surface area contributed by atoms with Crippen LogP contribution in [-0.4, -0.2) is 21.6 Å². The van der Waals surface area contributed by atoms with Gasteiger partial charge in [-0.05, 0) is 19.4 Å². The number of nitrogens with two attached hydrogens (primary N) is 1. The average molecular weight is 263 g/mol. The minimum Gasteiger partial charge on any atom is -0.327 e. The van der Waals surface area contributed by atoms with E-state index in [2.05, 4.69) is 47.9 Å². The molecule has 0 saturated carbocycles. The lowest BCUT2D eigenvalue weighted by Gasteiger charge is -2.06. The SMILES string of the molecule is CCC(N)CSCc1nn(CC)c2ccccc12. The largest absolute Gasteiger partial charge is 0.327 e. The summed E-state index contributed by atoms with van der Waals surface area (Å²) in [6.07, 6.45) is 1.04. The Morgan fingerprint density at radius 2 is 2.11 bits per heavy atom. The maximum atomic E-state index is 5.93. The summed E-state index contributed by atoms with van der Waals surface area (Å²) in [6.45, 7) is 5.18. The van der Waals surface area contributed by atoms with Gasteiger partial charge in [-0.1, -0.05) is 25.1 Å². The van der Waals surface area contributed by atoms with E-state index in [1.54, 1.807) is 0 Å². The van der Waals surface area contributed by atoms with Crippen molar-refractivity contribution in [1.29, 1.82) is 0 Å². The monoisotopic (exact) mass is 263 g/mol. The van der Waals surface area contributed by atoms with Crippen LogP contribution in [0.3, 0.4) is 0 Å². The van der Waals surface area contributed by atoms with Crippen LogP contribution in [0.1, 0.15) is 26.0 Å². The highest BCUT2D eigenvalue weighted by Gasteiger charge is 2.09. The Bertz CT molecular complexity index is 507. The summed E-state index contributed by atoms with van der Waals surface area (Å²) in [5.41, 5.74) is 8.35. The van der Waals surface area contributed by atoms with Gasteiger partial charge in [0.1, 0.15) is 0 Å². The Morgan fingerprint density at radius 1 is 1.33 bits per heavy atom. The van der Waals surface area contributed by atoms with Gasteiger partial charge in [0, 0.05) is 29.5 Å².